The summed E-state index contributed by atoms with van der Waals surface area (Å²) in [6.45, 7) is 3.77. The summed E-state index contributed by atoms with van der Waals surface area (Å²) in [6.07, 6.45) is 1.61. The first-order chi connectivity index (χ1) is 9.93. The first-order valence-corrected chi connectivity index (χ1v) is 6.45. The Morgan fingerprint density at radius 3 is 2.81 bits per heavy atom. The second kappa shape index (κ2) is 5.86. The monoisotopic (exact) mass is 291 g/mol. The predicted octanol–water partition coefficient (Wildman–Crippen LogP) is 0.314. The Hall–Kier alpha value is -2.51. The van der Waals surface area contributed by atoms with Crippen molar-refractivity contribution < 1.29 is 14.3 Å². The predicted molar refractivity (Wildman–Crippen MR) is 73.7 cm³/mol. The first-order valence-electron chi connectivity index (χ1n) is 6.45. The minimum Gasteiger partial charge on any atom is -0.469 e. The molecule has 0 radical (unpaired) electrons. The molecule has 0 fully saturated rings. The zero-order valence-corrected chi connectivity index (χ0v) is 12.4. The number of rotatable bonds is 4. The van der Waals surface area contributed by atoms with Gasteiger partial charge in [-0.25, -0.2) is 9.50 Å². The van der Waals surface area contributed by atoms with Crippen LogP contribution < -0.4 is 0 Å². The largest absolute Gasteiger partial charge is 0.469 e. The van der Waals surface area contributed by atoms with Gasteiger partial charge in [-0.2, -0.15) is 4.98 Å². The SMILES string of the molecule is COC(=O)C(C)CN(C)C(=O)c1nc2nccc(C)n2n1. The van der Waals surface area contributed by atoms with Crippen molar-refractivity contribution >= 4 is 17.7 Å². The van der Waals surface area contributed by atoms with Crippen molar-refractivity contribution in [3.05, 3.63) is 23.8 Å². The average molecular weight is 291 g/mol. The van der Waals surface area contributed by atoms with Gasteiger partial charge in [0.25, 0.3) is 11.7 Å². The first kappa shape index (κ1) is 14.9. The van der Waals surface area contributed by atoms with Crippen LogP contribution in [0.4, 0.5) is 0 Å². The lowest BCUT2D eigenvalue weighted by Crippen LogP contribution is -2.34. The Balaban J connectivity index is 2.18. The highest BCUT2D eigenvalue weighted by molar-refractivity contribution is 5.91. The molecule has 0 aliphatic rings. The summed E-state index contributed by atoms with van der Waals surface area (Å²) >= 11 is 0. The number of nitrogens with zero attached hydrogens (tertiary/aromatic N) is 5. The molecule has 8 heteroatoms. The Bertz CT molecular complexity index is 681. The van der Waals surface area contributed by atoms with Gasteiger partial charge in [0, 0.05) is 25.5 Å². The van der Waals surface area contributed by atoms with Crippen LogP contribution in [0.2, 0.25) is 0 Å². The van der Waals surface area contributed by atoms with Crippen LogP contribution in [0.5, 0.6) is 0 Å². The van der Waals surface area contributed by atoms with E-state index in [0.29, 0.717) is 5.78 Å². The third-order valence-electron chi connectivity index (χ3n) is 3.12. The molecule has 1 amide bonds. The molecule has 0 N–H and O–H groups in total. The molecular formula is C13H17N5O3. The maximum Gasteiger partial charge on any atom is 0.310 e. The molecule has 2 aromatic rings. The van der Waals surface area contributed by atoms with E-state index in [0.717, 1.165) is 5.69 Å². The van der Waals surface area contributed by atoms with E-state index in [1.165, 1.54) is 16.5 Å². The summed E-state index contributed by atoms with van der Waals surface area (Å²) in [5, 5.41) is 4.14. The maximum absolute atomic E-state index is 12.3. The Kier molecular flexibility index (Phi) is 4.15. The zero-order valence-electron chi connectivity index (χ0n) is 12.4. The number of carbonyl (C=O) groups excluding carboxylic acids is 2. The zero-order chi connectivity index (χ0) is 15.6. The van der Waals surface area contributed by atoms with Gasteiger partial charge in [-0.3, -0.25) is 9.59 Å². The molecule has 0 spiro atoms. The number of hydrogen-bond donors (Lipinski definition) is 0. The maximum atomic E-state index is 12.3. The van der Waals surface area contributed by atoms with Crippen LogP contribution in [-0.2, 0) is 9.53 Å². The molecule has 0 saturated heterocycles. The third kappa shape index (κ3) is 2.99. The molecular weight excluding hydrogens is 274 g/mol. The number of fused-ring (bicyclic) bond motifs is 1. The minimum atomic E-state index is -0.416. The fourth-order valence-electron chi connectivity index (χ4n) is 1.94. The van der Waals surface area contributed by atoms with E-state index in [2.05, 4.69) is 19.8 Å². The molecule has 0 aliphatic heterocycles. The van der Waals surface area contributed by atoms with Crippen molar-refractivity contribution in [2.45, 2.75) is 13.8 Å². The molecule has 1 atom stereocenters. The van der Waals surface area contributed by atoms with Gasteiger partial charge in [-0.15, -0.1) is 5.10 Å². The highest BCUT2D eigenvalue weighted by atomic mass is 16.5. The fourth-order valence-corrected chi connectivity index (χ4v) is 1.94. The van der Waals surface area contributed by atoms with Crippen LogP contribution in [-0.4, -0.2) is 57.1 Å². The number of amides is 1. The fraction of sp³-hybridized carbons (Fsp3) is 0.462. The molecule has 0 aromatic carbocycles. The van der Waals surface area contributed by atoms with E-state index >= 15 is 0 Å². The lowest BCUT2D eigenvalue weighted by molar-refractivity contribution is -0.145. The highest BCUT2D eigenvalue weighted by Gasteiger charge is 2.22. The lowest BCUT2D eigenvalue weighted by atomic mass is 10.2. The van der Waals surface area contributed by atoms with Crippen molar-refractivity contribution in [2.75, 3.05) is 20.7 Å². The summed E-state index contributed by atoms with van der Waals surface area (Å²) in [5.74, 6) is -0.726. The van der Waals surface area contributed by atoms with Crippen LogP contribution in [0.15, 0.2) is 12.3 Å². The van der Waals surface area contributed by atoms with Gasteiger partial charge in [0.15, 0.2) is 0 Å². The smallest absolute Gasteiger partial charge is 0.310 e. The van der Waals surface area contributed by atoms with E-state index in [9.17, 15) is 9.59 Å². The molecule has 1 unspecified atom stereocenters. The van der Waals surface area contributed by atoms with Crippen LogP contribution in [0.25, 0.3) is 5.78 Å². The van der Waals surface area contributed by atoms with Crippen molar-refractivity contribution in [1.82, 2.24) is 24.5 Å². The normalized spacial score (nSPS) is 12.2. The number of carbonyl (C=O) groups is 2. The molecule has 2 heterocycles. The highest BCUT2D eigenvalue weighted by Crippen LogP contribution is 2.07. The lowest BCUT2D eigenvalue weighted by Gasteiger charge is -2.18. The van der Waals surface area contributed by atoms with Gasteiger partial charge in [0.2, 0.25) is 5.82 Å². The summed E-state index contributed by atoms with van der Waals surface area (Å²) < 4.78 is 6.14. The number of methoxy groups -OCH3 is 1. The molecule has 8 nitrogen and oxygen atoms in total. The van der Waals surface area contributed by atoms with Gasteiger partial charge >= 0.3 is 5.97 Å². The van der Waals surface area contributed by atoms with Gasteiger partial charge in [0.1, 0.15) is 0 Å². The van der Waals surface area contributed by atoms with Crippen molar-refractivity contribution in [1.29, 1.82) is 0 Å². The molecule has 112 valence electrons. The van der Waals surface area contributed by atoms with Gasteiger partial charge in [-0.05, 0) is 13.0 Å². The van der Waals surface area contributed by atoms with Crippen molar-refractivity contribution in [3.8, 4) is 0 Å². The Labute approximate surface area is 121 Å². The Morgan fingerprint density at radius 1 is 1.48 bits per heavy atom. The number of hydrogen-bond acceptors (Lipinski definition) is 6. The molecule has 2 aromatic heterocycles. The van der Waals surface area contributed by atoms with Crippen molar-refractivity contribution in [3.63, 3.8) is 0 Å². The minimum absolute atomic E-state index is 0.0522. The number of aryl methyl sites for hydroxylation is 1. The van der Waals surface area contributed by atoms with Gasteiger partial charge in [0.05, 0.1) is 13.0 Å². The van der Waals surface area contributed by atoms with E-state index in [1.807, 2.05) is 6.92 Å². The standard InChI is InChI=1S/C13H17N5O3/c1-8(12(20)21-4)7-17(3)11(19)10-15-13-14-6-5-9(2)18(13)16-10/h5-6,8H,7H2,1-4H3. The molecule has 0 aliphatic carbocycles. The molecule has 0 saturated carbocycles. The summed E-state index contributed by atoms with van der Waals surface area (Å²) in [7, 11) is 2.91. The quantitative estimate of drug-likeness (QED) is 0.753. The second-order valence-corrected chi connectivity index (χ2v) is 4.84. The van der Waals surface area contributed by atoms with Gasteiger partial charge < -0.3 is 9.64 Å². The molecule has 2 rings (SSSR count). The van der Waals surface area contributed by atoms with E-state index in [4.69, 9.17) is 0 Å². The van der Waals surface area contributed by atoms with E-state index < -0.39 is 5.92 Å². The average Bonchev–Trinajstić information content (AvgIpc) is 2.90. The topological polar surface area (TPSA) is 89.7 Å². The van der Waals surface area contributed by atoms with E-state index in [1.54, 1.807) is 26.2 Å². The van der Waals surface area contributed by atoms with Crippen LogP contribution in [0.1, 0.15) is 23.2 Å². The Morgan fingerprint density at radius 2 is 2.19 bits per heavy atom. The van der Waals surface area contributed by atoms with Crippen LogP contribution >= 0.6 is 0 Å². The third-order valence-corrected chi connectivity index (χ3v) is 3.12. The molecule has 0 bridgehead atoms. The summed E-state index contributed by atoms with van der Waals surface area (Å²) in [5.41, 5.74) is 0.831. The van der Waals surface area contributed by atoms with Crippen molar-refractivity contribution in [2.24, 2.45) is 5.92 Å². The van der Waals surface area contributed by atoms with E-state index in [-0.39, 0.29) is 24.2 Å². The van der Waals surface area contributed by atoms with Crippen LogP contribution in [0.3, 0.4) is 0 Å². The molecule has 21 heavy (non-hydrogen) atoms. The summed E-state index contributed by atoms with van der Waals surface area (Å²) in [4.78, 5) is 33.2. The summed E-state index contributed by atoms with van der Waals surface area (Å²) in [6, 6.07) is 1.78. The second-order valence-electron chi connectivity index (χ2n) is 4.84. The van der Waals surface area contributed by atoms with Crippen LogP contribution in [0, 0.1) is 12.8 Å². The number of aromatic nitrogens is 4. The number of esters is 1. The number of ether oxygens (including phenoxy) is 1. The van der Waals surface area contributed by atoms with Gasteiger partial charge in [-0.1, -0.05) is 6.92 Å².